The van der Waals surface area contributed by atoms with E-state index < -0.39 is 0 Å². The van der Waals surface area contributed by atoms with Crippen LogP contribution in [0.15, 0.2) is 29.7 Å². The Labute approximate surface area is 192 Å². The number of rotatable bonds is 13. The SMILES string of the molecule is CCCCCCCCCCCCN1C(=O)CC2C(=C(N)Oc3cc(OCC)ccc32)C1=O. The van der Waals surface area contributed by atoms with E-state index in [2.05, 4.69) is 6.92 Å². The Hall–Kier alpha value is -2.50. The molecule has 0 aliphatic carbocycles. The molecule has 2 aliphatic rings. The number of nitrogens with two attached hydrogens (primary N) is 1. The number of ether oxygens (including phenoxy) is 2. The molecule has 2 aliphatic heterocycles. The molecular weight excluding hydrogens is 404 g/mol. The molecule has 1 atom stereocenters. The average molecular weight is 443 g/mol. The molecule has 3 rings (SSSR count). The fourth-order valence-corrected chi connectivity index (χ4v) is 4.64. The first-order valence-electron chi connectivity index (χ1n) is 12.4. The second-order valence-electron chi connectivity index (χ2n) is 8.80. The lowest BCUT2D eigenvalue weighted by Crippen LogP contribution is -2.47. The normalized spacial score (nSPS) is 17.8. The standard InChI is InChI=1S/C26H38N2O4/c1-3-5-6-7-8-9-10-11-12-13-16-28-23(29)18-21-20-15-14-19(31-4-2)17-22(20)32-25(27)24(21)26(28)30/h14-15,17,21H,3-13,16,18,27H2,1-2H3. The predicted molar refractivity (Wildman–Crippen MR) is 125 cm³/mol. The quantitative estimate of drug-likeness (QED) is 0.326. The van der Waals surface area contributed by atoms with Gasteiger partial charge in [-0.05, 0) is 19.4 Å². The fourth-order valence-electron chi connectivity index (χ4n) is 4.64. The van der Waals surface area contributed by atoms with E-state index in [0.29, 0.717) is 30.2 Å². The molecule has 1 aromatic carbocycles. The summed E-state index contributed by atoms with van der Waals surface area (Å²) in [6, 6.07) is 5.49. The second kappa shape index (κ2) is 11.9. The minimum Gasteiger partial charge on any atom is -0.494 e. The molecule has 6 heteroatoms. The summed E-state index contributed by atoms with van der Waals surface area (Å²) in [6.45, 7) is 5.15. The third-order valence-electron chi connectivity index (χ3n) is 6.40. The van der Waals surface area contributed by atoms with Crippen LogP contribution in [-0.2, 0) is 9.59 Å². The molecule has 0 aromatic heterocycles. The third-order valence-corrected chi connectivity index (χ3v) is 6.40. The molecule has 2 amide bonds. The highest BCUT2D eigenvalue weighted by atomic mass is 16.5. The van der Waals surface area contributed by atoms with E-state index >= 15 is 0 Å². The van der Waals surface area contributed by atoms with Crippen LogP contribution in [0, 0.1) is 0 Å². The van der Waals surface area contributed by atoms with Gasteiger partial charge in [0.2, 0.25) is 5.91 Å². The zero-order chi connectivity index (χ0) is 22.9. The van der Waals surface area contributed by atoms with Gasteiger partial charge in [0.05, 0.1) is 12.2 Å². The van der Waals surface area contributed by atoms with Gasteiger partial charge >= 0.3 is 0 Å². The zero-order valence-corrected chi connectivity index (χ0v) is 19.7. The highest BCUT2D eigenvalue weighted by Crippen LogP contribution is 2.44. The number of unbranched alkanes of at least 4 members (excludes halogenated alkanes) is 9. The maximum atomic E-state index is 13.1. The monoisotopic (exact) mass is 442 g/mol. The number of hydrogen-bond acceptors (Lipinski definition) is 5. The van der Waals surface area contributed by atoms with Gasteiger partial charge in [0, 0.05) is 30.5 Å². The fraction of sp³-hybridized carbons (Fsp3) is 0.615. The Kier molecular flexibility index (Phi) is 9.00. The first-order valence-corrected chi connectivity index (χ1v) is 12.4. The number of likely N-dealkylation sites (tertiary alicyclic amines) is 1. The minimum atomic E-state index is -0.349. The summed E-state index contributed by atoms with van der Waals surface area (Å²) in [4.78, 5) is 27.3. The van der Waals surface area contributed by atoms with Crippen molar-refractivity contribution in [2.45, 2.75) is 90.4 Å². The van der Waals surface area contributed by atoms with Gasteiger partial charge < -0.3 is 15.2 Å². The van der Waals surface area contributed by atoms with Crippen molar-refractivity contribution in [2.75, 3.05) is 13.2 Å². The van der Waals surface area contributed by atoms with E-state index in [-0.39, 0.29) is 30.0 Å². The van der Waals surface area contributed by atoms with Crippen LogP contribution in [0.25, 0.3) is 0 Å². The molecule has 1 fully saturated rings. The van der Waals surface area contributed by atoms with Crippen molar-refractivity contribution in [3.63, 3.8) is 0 Å². The van der Waals surface area contributed by atoms with Crippen molar-refractivity contribution in [1.29, 1.82) is 0 Å². The number of fused-ring (bicyclic) bond motifs is 3. The van der Waals surface area contributed by atoms with E-state index in [1.165, 1.54) is 49.8 Å². The molecule has 6 nitrogen and oxygen atoms in total. The van der Waals surface area contributed by atoms with Crippen molar-refractivity contribution in [1.82, 2.24) is 4.90 Å². The molecule has 32 heavy (non-hydrogen) atoms. The summed E-state index contributed by atoms with van der Waals surface area (Å²) in [7, 11) is 0. The lowest BCUT2D eigenvalue weighted by molar-refractivity contribution is -0.145. The summed E-state index contributed by atoms with van der Waals surface area (Å²) in [5.41, 5.74) is 7.37. The van der Waals surface area contributed by atoms with E-state index in [9.17, 15) is 9.59 Å². The topological polar surface area (TPSA) is 81.9 Å². The number of hydrogen-bond donors (Lipinski definition) is 1. The van der Waals surface area contributed by atoms with Crippen molar-refractivity contribution < 1.29 is 19.1 Å². The number of carbonyl (C=O) groups excluding carboxylic acids is 2. The summed E-state index contributed by atoms with van der Waals surface area (Å²) < 4.78 is 11.3. The van der Waals surface area contributed by atoms with Gasteiger partial charge in [-0.3, -0.25) is 14.5 Å². The van der Waals surface area contributed by atoms with Crippen LogP contribution in [0.3, 0.4) is 0 Å². The number of carbonyl (C=O) groups is 2. The zero-order valence-electron chi connectivity index (χ0n) is 19.7. The van der Waals surface area contributed by atoms with Crippen molar-refractivity contribution in [3.8, 4) is 11.5 Å². The average Bonchev–Trinajstić information content (AvgIpc) is 2.76. The van der Waals surface area contributed by atoms with Gasteiger partial charge in [0.25, 0.3) is 5.91 Å². The lowest BCUT2D eigenvalue weighted by Gasteiger charge is -2.36. The Morgan fingerprint density at radius 2 is 1.66 bits per heavy atom. The highest BCUT2D eigenvalue weighted by molar-refractivity contribution is 6.09. The maximum Gasteiger partial charge on any atom is 0.262 e. The minimum absolute atomic E-state index is 0.0988. The van der Waals surface area contributed by atoms with Crippen LogP contribution in [0.4, 0.5) is 0 Å². The molecule has 2 heterocycles. The van der Waals surface area contributed by atoms with E-state index in [1.807, 2.05) is 19.1 Å². The molecule has 1 aromatic rings. The van der Waals surface area contributed by atoms with Crippen LogP contribution in [0.2, 0.25) is 0 Å². The Morgan fingerprint density at radius 3 is 2.31 bits per heavy atom. The summed E-state index contributed by atoms with van der Waals surface area (Å²) in [6.07, 6.45) is 12.4. The lowest BCUT2D eigenvalue weighted by atomic mass is 9.82. The van der Waals surface area contributed by atoms with Crippen molar-refractivity contribution in [3.05, 3.63) is 35.2 Å². The van der Waals surface area contributed by atoms with Gasteiger partial charge in [0.15, 0.2) is 5.88 Å². The van der Waals surface area contributed by atoms with Crippen LogP contribution in [0.1, 0.15) is 96.0 Å². The summed E-state index contributed by atoms with van der Waals surface area (Å²) in [5, 5.41) is 0. The predicted octanol–water partition coefficient (Wildman–Crippen LogP) is 5.41. The molecule has 1 saturated heterocycles. The number of piperidine rings is 1. The van der Waals surface area contributed by atoms with Crippen molar-refractivity contribution >= 4 is 11.8 Å². The molecule has 0 bridgehead atoms. The Balaban J connectivity index is 1.51. The van der Waals surface area contributed by atoms with Crippen molar-refractivity contribution in [2.24, 2.45) is 5.73 Å². The van der Waals surface area contributed by atoms with E-state index in [0.717, 1.165) is 24.8 Å². The largest absolute Gasteiger partial charge is 0.494 e. The molecular formula is C26H38N2O4. The maximum absolute atomic E-state index is 13.1. The first-order chi connectivity index (χ1) is 15.6. The van der Waals surface area contributed by atoms with E-state index in [1.54, 1.807) is 6.07 Å². The van der Waals surface area contributed by atoms with Crippen LogP contribution in [0.5, 0.6) is 11.5 Å². The molecule has 1 unspecified atom stereocenters. The van der Waals surface area contributed by atoms with Gasteiger partial charge in [-0.15, -0.1) is 0 Å². The van der Waals surface area contributed by atoms with Gasteiger partial charge in [0.1, 0.15) is 11.5 Å². The number of nitrogens with zero attached hydrogens (tertiary/aromatic N) is 1. The van der Waals surface area contributed by atoms with Gasteiger partial charge in [-0.25, -0.2) is 0 Å². The summed E-state index contributed by atoms with van der Waals surface area (Å²) >= 11 is 0. The molecule has 0 radical (unpaired) electrons. The number of amides is 2. The first kappa shape index (κ1) is 24.1. The second-order valence-corrected chi connectivity index (χ2v) is 8.80. The number of imide groups is 1. The van der Waals surface area contributed by atoms with Gasteiger partial charge in [-0.2, -0.15) is 0 Å². The Morgan fingerprint density at radius 1 is 1.00 bits per heavy atom. The molecule has 0 saturated carbocycles. The Bertz CT molecular complexity index is 833. The third kappa shape index (κ3) is 5.84. The molecule has 0 spiro atoms. The van der Waals surface area contributed by atoms with Gasteiger partial charge in [-0.1, -0.05) is 70.8 Å². The van der Waals surface area contributed by atoms with Crippen LogP contribution >= 0.6 is 0 Å². The molecule has 2 N–H and O–H groups in total. The molecule has 176 valence electrons. The number of benzene rings is 1. The van der Waals surface area contributed by atoms with Crippen LogP contribution < -0.4 is 15.2 Å². The summed E-state index contributed by atoms with van der Waals surface area (Å²) in [5.74, 6) is 0.554. The van der Waals surface area contributed by atoms with E-state index in [4.69, 9.17) is 15.2 Å². The van der Waals surface area contributed by atoms with Crippen LogP contribution in [-0.4, -0.2) is 29.9 Å². The highest BCUT2D eigenvalue weighted by Gasteiger charge is 2.43. The smallest absolute Gasteiger partial charge is 0.262 e.